The maximum Gasteiger partial charge on any atom is -0.00518 e. The Morgan fingerprint density at radius 3 is 2.55 bits per heavy atom. The van der Waals surface area contributed by atoms with Gasteiger partial charge in [0.1, 0.15) is 0 Å². The molecular formula is C10H21N. The zero-order chi connectivity index (χ0) is 8.27. The second kappa shape index (κ2) is 4.10. The molecular weight excluding hydrogens is 134 g/mol. The van der Waals surface area contributed by atoms with Crippen molar-refractivity contribution >= 4 is 0 Å². The summed E-state index contributed by atoms with van der Waals surface area (Å²) in [4.78, 5) is 0. The second-order valence-electron chi connectivity index (χ2n) is 4.08. The molecule has 1 aliphatic rings. The van der Waals surface area contributed by atoms with Crippen molar-refractivity contribution in [1.29, 1.82) is 0 Å². The van der Waals surface area contributed by atoms with E-state index in [-0.39, 0.29) is 0 Å². The fraction of sp³-hybridized carbons (Fsp3) is 1.00. The van der Waals surface area contributed by atoms with Gasteiger partial charge in [0.05, 0.1) is 0 Å². The fourth-order valence-corrected chi connectivity index (χ4v) is 2.10. The predicted molar refractivity (Wildman–Crippen MR) is 49.6 cm³/mol. The Labute approximate surface area is 70.6 Å². The summed E-state index contributed by atoms with van der Waals surface area (Å²) in [6.07, 6.45) is 4.27. The van der Waals surface area contributed by atoms with E-state index in [1.165, 1.54) is 25.8 Å². The Kier molecular flexibility index (Phi) is 3.38. The van der Waals surface area contributed by atoms with Crippen LogP contribution in [0.15, 0.2) is 0 Å². The molecule has 0 heterocycles. The first-order valence-corrected chi connectivity index (χ1v) is 4.90. The molecule has 1 fully saturated rings. The van der Waals surface area contributed by atoms with Crippen molar-refractivity contribution in [1.82, 2.24) is 5.32 Å². The first kappa shape index (κ1) is 9.05. The van der Waals surface area contributed by atoms with Gasteiger partial charge in [0.15, 0.2) is 0 Å². The van der Waals surface area contributed by atoms with Crippen molar-refractivity contribution in [2.45, 2.75) is 33.1 Å². The van der Waals surface area contributed by atoms with E-state index in [2.05, 4.69) is 19.2 Å². The molecule has 2 unspecified atom stereocenters. The molecule has 0 spiro atoms. The highest BCUT2D eigenvalue weighted by atomic mass is 14.8. The van der Waals surface area contributed by atoms with Crippen LogP contribution >= 0.6 is 0 Å². The predicted octanol–water partition coefficient (Wildman–Crippen LogP) is 2.28. The third kappa shape index (κ3) is 2.19. The van der Waals surface area contributed by atoms with Gasteiger partial charge >= 0.3 is 0 Å². The summed E-state index contributed by atoms with van der Waals surface area (Å²) in [7, 11) is 2.03. The average Bonchev–Trinajstić information content (AvgIpc) is 2.03. The highest BCUT2D eigenvalue weighted by Gasteiger charge is 2.33. The summed E-state index contributed by atoms with van der Waals surface area (Å²) in [6.45, 7) is 5.97. The molecule has 0 aromatic heterocycles. The summed E-state index contributed by atoms with van der Waals surface area (Å²) >= 11 is 0. The van der Waals surface area contributed by atoms with Crippen LogP contribution in [0.1, 0.15) is 33.1 Å². The Balaban J connectivity index is 2.01. The molecule has 0 bridgehead atoms. The second-order valence-corrected chi connectivity index (χ2v) is 4.08. The van der Waals surface area contributed by atoms with Gasteiger partial charge in [0.2, 0.25) is 0 Å². The van der Waals surface area contributed by atoms with E-state index in [1.54, 1.807) is 0 Å². The molecule has 0 aromatic carbocycles. The van der Waals surface area contributed by atoms with Crippen LogP contribution in [-0.2, 0) is 0 Å². The quantitative estimate of drug-likeness (QED) is 0.614. The van der Waals surface area contributed by atoms with Crippen molar-refractivity contribution < 1.29 is 0 Å². The van der Waals surface area contributed by atoms with Crippen LogP contribution in [0.5, 0.6) is 0 Å². The number of hydrogen-bond donors (Lipinski definition) is 1. The minimum atomic E-state index is 0.992. The van der Waals surface area contributed by atoms with Gasteiger partial charge in [-0.1, -0.05) is 13.8 Å². The Bertz CT molecular complexity index is 111. The molecule has 1 N–H and O–H groups in total. The van der Waals surface area contributed by atoms with E-state index in [4.69, 9.17) is 0 Å². The van der Waals surface area contributed by atoms with Crippen LogP contribution in [0.2, 0.25) is 0 Å². The Hall–Kier alpha value is -0.0400. The molecule has 1 nitrogen and oxygen atoms in total. The fourth-order valence-electron chi connectivity index (χ4n) is 2.10. The maximum atomic E-state index is 3.20. The van der Waals surface area contributed by atoms with E-state index < -0.39 is 0 Å². The first-order chi connectivity index (χ1) is 5.25. The summed E-state index contributed by atoms with van der Waals surface area (Å²) in [6, 6.07) is 0. The Morgan fingerprint density at radius 2 is 2.09 bits per heavy atom. The molecule has 11 heavy (non-hydrogen) atoms. The van der Waals surface area contributed by atoms with Gasteiger partial charge in [0, 0.05) is 0 Å². The van der Waals surface area contributed by atoms with Crippen LogP contribution in [-0.4, -0.2) is 13.6 Å². The van der Waals surface area contributed by atoms with Gasteiger partial charge in [-0.3, -0.25) is 0 Å². The molecule has 1 aliphatic carbocycles. The minimum Gasteiger partial charge on any atom is -0.320 e. The standard InChI is InChI=1S/C10H21N/c1-8-7-10(9(8)2)5-4-6-11-3/h8-11H,4-7H2,1-3H3/t8-,9?,10?/m0/s1. The molecule has 66 valence electrons. The summed E-state index contributed by atoms with van der Waals surface area (Å²) in [5, 5.41) is 3.20. The lowest BCUT2D eigenvalue weighted by Gasteiger charge is -2.41. The van der Waals surface area contributed by atoms with E-state index in [9.17, 15) is 0 Å². The first-order valence-electron chi connectivity index (χ1n) is 4.90. The number of rotatable bonds is 4. The highest BCUT2D eigenvalue weighted by Crippen LogP contribution is 2.42. The van der Waals surface area contributed by atoms with Crippen LogP contribution in [0, 0.1) is 17.8 Å². The van der Waals surface area contributed by atoms with Crippen molar-refractivity contribution in [3.63, 3.8) is 0 Å². The zero-order valence-corrected chi connectivity index (χ0v) is 8.06. The molecule has 0 saturated heterocycles. The van der Waals surface area contributed by atoms with E-state index in [0.717, 1.165) is 17.8 Å². The molecule has 0 aromatic rings. The van der Waals surface area contributed by atoms with Crippen LogP contribution in [0.3, 0.4) is 0 Å². The van der Waals surface area contributed by atoms with Gasteiger partial charge in [0.25, 0.3) is 0 Å². The van der Waals surface area contributed by atoms with Crippen molar-refractivity contribution in [2.24, 2.45) is 17.8 Å². The van der Waals surface area contributed by atoms with Crippen LogP contribution < -0.4 is 5.32 Å². The van der Waals surface area contributed by atoms with Gasteiger partial charge in [-0.2, -0.15) is 0 Å². The summed E-state index contributed by atoms with van der Waals surface area (Å²) in [5.41, 5.74) is 0. The average molecular weight is 155 g/mol. The molecule has 1 rings (SSSR count). The largest absolute Gasteiger partial charge is 0.320 e. The monoisotopic (exact) mass is 155 g/mol. The lowest BCUT2D eigenvalue weighted by atomic mass is 9.65. The van der Waals surface area contributed by atoms with E-state index in [1.807, 2.05) is 7.05 Å². The van der Waals surface area contributed by atoms with Crippen molar-refractivity contribution in [2.75, 3.05) is 13.6 Å². The lowest BCUT2D eigenvalue weighted by Crippen LogP contribution is -2.32. The van der Waals surface area contributed by atoms with E-state index in [0.29, 0.717) is 0 Å². The van der Waals surface area contributed by atoms with Crippen molar-refractivity contribution in [3.05, 3.63) is 0 Å². The minimum absolute atomic E-state index is 0.992. The topological polar surface area (TPSA) is 12.0 Å². The molecule has 0 aliphatic heterocycles. The van der Waals surface area contributed by atoms with Crippen LogP contribution in [0.25, 0.3) is 0 Å². The third-order valence-electron chi connectivity index (χ3n) is 3.32. The lowest BCUT2D eigenvalue weighted by molar-refractivity contribution is 0.0933. The van der Waals surface area contributed by atoms with Gasteiger partial charge in [-0.05, 0) is 50.6 Å². The molecule has 3 atom stereocenters. The smallest absolute Gasteiger partial charge is 0.00518 e. The number of hydrogen-bond acceptors (Lipinski definition) is 1. The normalized spacial score (nSPS) is 36.8. The number of nitrogens with one attached hydrogen (secondary N) is 1. The maximum absolute atomic E-state index is 3.20. The van der Waals surface area contributed by atoms with Gasteiger partial charge in [-0.15, -0.1) is 0 Å². The van der Waals surface area contributed by atoms with E-state index >= 15 is 0 Å². The summed E-state index contributed by atoms with van der Waals surface area (Å²) < 4.78 is 0. The van der Waals surface area contributed by atoms with Gasteiger partial charge in [-0.25, -0.2) is 0 Å². The zero-order valence-electron chi connectivity index (χ0n) is 8.06. The third-order valence-corrected chi connectivity index (χ3v) is 3.32. The van der Waals surface area contributed by atoms with Crippen molar-refractivity contribution in [3.8, 4) is 0 Å². The Morgan fingerprint density at radius 1 is 1.36 bits per heavy atom. The molecule has 1 heteroatoms. The van der Waals surface area contributed by atoms with Gasteiger partial charge < -0.3 is 5.32 Å². The SMILES string of the molecule is CNCCCC1C[C@H](C)C1C. The summed E-state index contributed by atoms with van der Waals surface area (Å²) in [5.74, 6) is 3.03. The molecule has 1 saturated carbocycles. The van der Waals surface area contributed by atoms with Crippen LogP contribution in [0.4, 0.5) is 0 Å². The molecule has 0 radical (unpaired) electrons. The highest BCUT2D eigenvalue weighted by molar-refractivity contribution is 4.83. The molecule has 0 amide bonds.